The molecule has 5 nitrogen and oxygen atoms in total. The highest BCUT2D eigenvalue weighted by Gasteiger charge is 2.23. The first-order valence-electron chi connectivity index (χ1n) is 6.46. The Bertz CT molecular complexity index is 491. The Balaban J connectivity index is 2.88. The fourth-order valence-electron chi connectivity index (χ4n) is 1.84. The number of alkyl carbamates (subject to hydrolysis) is 1. The van der Waals surface area contributed by atoms with Gasteiger partial charge in [-0.15, -0.1) is 0 Å². The third-order valence-electron chi connectivity index (χ3n) is 2.63. The van der Waals surface area contributed by atoms with Gasteiger partial charge in [-0.2, -0.15) is 0 Å². The molecule has 0 aliphatic rings. The highest BCUT2D eigenvalue weighted by atomic mass is 16.6. The van der Waals surface area contributed by atoms with Crippen LogP contribution in [0.3, 0.4) is 0 Å². The minimum Gasteiger partial charge on any atom is -0.481 e. The predicted molar refractivity (Wildman–Crippen MR) is 75.5 cm³/mol. The highest BCUT2D eigenvalue weighted by molar-refractivity contribution is 5.72. The maximum atomic E-state index is 11.8. The summed E-state index contributed by atoms with van der Waals surface area (Å²) < 4.78 is 5.17. The summed E-state index contributed by atoms with van der Waals surface area (Å²) in [4.78, 5) is 22.8. The first-order valence-corrected chi connectivity index (χ1v) is 6.46. The molecule has 0 saturated heterocycles. The lowest BCUT2D eigenvalue weighted by Gasteiger charge is -2.24. The fourth-order valence-corrected chi connectivity index (χ4v) is 1.84. The minimum atomic E-state index is -0.977. The lowest BCUT2D eigenvalue weighted by molar-refractivity contribution is -0.137. The summed E-state index contributed by atoms with van der Waals surface area (Å²) in [5, 5.41) is 11.6. The van der Waals surface area contributed by atoms with Gasteiger partial charge in [0, 0.05) is 0 Å². The van der Waals surface area contributed by atoms with Crippen molar-refractivity contribution < 1.29 is 19.4 Å². The van der Waals surface area contributed by atoms with Crippen LogP contribution < -0.4 is 5.32 Å². The van der Waals surface area contributed by atoms with Gasteiger partial charge in [0.1, 0.15) is 5.60 Å². The number of carbonyl (C=O) groups is 2. The Kier molecular flexibility index (Phi) is 5.13. The minimum absolute atomic E-state index is 0.190. The molecule has 0 fully saturated rings. The molecule has 2 N–H and O–H groups in total. The second-order valence-corrected chi connectivity index (χ2v) is 5.65. The summed E-state index contributed by atoms with van der Waals surface area (Å²) in [5.41, 5.74) is 1.08. The van der Waals surface area contributed by atoms with Crippen LogP contribution in [0, 0.1) is 6.92 Å². The number of aryl methyl sites for hydroxylation is 1. The number of carbonyl (C=O) groups excluding carboxylic acids is 1. The quantitative estimate of drug-likeness (QED) is 0.888. The van der Waals surface area contributed by atoms with E-state index in [1.165, 1.54) is 0 Å². The topological polar surface area (TPSA) is 75.6 Å². The zero-order chi connectivity index (χ0) is 15.3. The van der Waals surface area contributed by atoms with Gasteiger partial charge in [-0.25, -0.2) is 4.79 Å². The second kappa shape index (κ2) is 6.41. The molecule has 0 heterocycles. The van der Waals surface area contributed by atoms with Crippen LogP contribution in [0.15, 0.2) is 24.3 Å². The van der Waals surface area contributed by atoms with Crippen molar-refractivity contribution in [2.24, 2.45) is 0 Å². The van der Waals surface area contributed by atoms with E-state index in [9.17, 15) is 9.59 Å². The summed E-state index contributed by atoms with van der Waals surface area (Å²) in [6.07, 6.45) is -0.809. The van der Waals surface area contributed by atoms with E-state index in [-0.39, 0.29) is 6.42 Å². The number of ether oxygens (including phenoxy) is 1. The molecule has 1 unspecified atom stereocenters. The molecule has 0 saturated carbocycles. The first kappa shape index (κ1) is 16.0. The van der Waals surface area contributed by atoms with E-state index in [0.29, 0.717) is 0 Å². The van der Waals surface area contributed by atoms with Crippen molar-refractivity contribution in [1.29, 1.82) is 0 Å². The van der Waals surface area contributed by atoms with E-state index in [0.717, 1.165) is 11.1 Å². The van der Waals surface area contributed by atoms with Crippen molar-refractivity contribution in [2.75, 3.05) is 0 Å². The molecule has 0 radical (unpaired) electrons. The number of nitrogens with one attached hydrogen (secondary N) is 1. The molecular weight excluding hydrogens is 258 g/mol. The van der Waals surface area contributed by atoms with E-state index in [2.05, 4.69) is 5.32 Å². The molecule has 0 aliphatic carbocycles. The normalized spacial score (nSPS) is 12.6. The van der Waals surface area contributed by atoms with E-state index >= 15 is 0 Å². The third kappa shape index (κ3) is 5.30. The monoisotopic (exact) mass is 279 g/mol. The average Bonchev–Trinajstić information content (AvgIpc) is 2.25. The van der Waals surface area contributed by atoms with Crippen molar-refractivity contribution in [3.63, 3.8) is 0 Å². The van der Waals surface area contributed by atoms with E-state index < -0.39 is 23.7 Å². The Morgan fingerprint density at radius 1 is 1.30 bits per heavy atom. The highest BCUT2D eigenvalue weighted by Crippen LogP contribution is 2.21. The summed E-state index contributed by atoms with van der Waals surface area (Å²) in [5.74, 6) is -0.977. The predicted octanol–water partition coefficient (Wildman–Crippen LogP) is 3.04. The number of aliphatic carboxylic acids is 1. The van der Waals surface area contributed by atoms with Gasteiger partial charge < -0.3 is 15.2 Å². The number of carboxylic acids is 1. The van der Waals surface area contributed by atoms with Crippen LogP contribution in [-0.4, -0.2) is 22.8 Å². The molecule has 1 atom stereocenters. The van der Waals surface area contributed by atoms with E-state index in [1.807, 2.05) is 25.1 Å². The van der Waals surface area contributed by atoms with Crippen LogP contribution >= 0.6 is 0 Å². The molecule has 0 bridgehead atoms. The van der Waals surface area contributed by atoms with Gasteiger partial charge in [0.25, 0.3) is 0 Å². The summed E-state index contributed by atoms with van der Waals surface area (Å²) in [6, 6.07) is 6.75. The van der Waals surface area contributed by atoms with Crippen LogP contribution in [0.25, 0.3) is 0 Å². The first-order chi connectivity index (χ1) is 9.19. The van der Waals surface area contributed by atoms with Crippen LogP contribution in [0.1, 0.15) is 44.4 Å². The average molecular weight is 279 g/mol. The molecule has 0 spiro atoms. The Morgan fingerprint density at radius 3 is 2.40 bits per heavy atom. The summed E-state index contributed by atoms with van der Waals surface area (Å²) in [6.45, 7) is 7.15. The largest absolute Gasteiger partial charge is 0.481 e. The van der Waals surface area contributed by atoms with Gasteiger partial charge in [-0.3, -0.25) is 4.79 Å². The standard InChI is InChI=1S/C15H21NO4/c1-10-7-5-6-8-11(10)12(9-13(17)18)16-14(19)20-15(2,3)4/h5-8,12H,9H2,1-4H3,(H,16,19)(H,17,18). The number of carboxylic acid groups (broad SMARTS) is 1. The second-order valence-electron chi connectivity index (χ2n) is 5.65. The van der Waals surface area contributed by atoms with Gasteiger partial charge in [-0.1, -0.05) is 24.3 Å². The molecule has 20 heavy (non-hydrogen) atoms. The van der Waals surface area contributed by atoms with Crippen LogP contribution in [0.2, 0.25) is 0 Å². The number of rotatable bonds is 4. The SMILES string of the molecule is Cc1ccccc1C(CC(=O)O)NC(=O)OC(C)(C)C. The molecule has 0 aromatic heterocycles. The zero-order valence-corrected chi connectivity index (χ0v) is 12.3. The van der Waals surface area contributed by atoms with Crippen LogP contribution in [0.4, 0.5) is 4.79 Å². The van der Waals surface area contributed by atoms with Gasteiger partial charge in [0.05, 0.1) is 12.5 Å². The molecule has 1 aromatic carbocycles. The summed E-state index contributed by atoms with van der Waals surface area (Å²) >= 11 is 0. The molecule has 1 rings (SSSR count). The maximum Gasteiger partial charge on any atom is 0.408 e. The fraction of sp³-hybridized carbons (Fsp3) is 0.467. The number of hydrogen-bond donors (Lipinski definition) is 2. The van der Waals surface area contributed by atoms with Crippen LogP contribution in [0.5, 0.6) is 0 Å². The number of amides is 1. The molecule has 1 amide bonds. The molecule has 110 valence electrons. The molecule has 1 aromatic rings. The van der Waals surface area contributed by atoms with Gasteiger partial charge in [-0.05, 0) is 38.8 Å². The van der Waals surface area contributed by atoms with Gasteiger partial charge in [0.15, 0.2) is 0 Å². The smallest absolute Gasteiger partial charge is 0.408 e. The Labute approximate surface area is 118 Å². The number of hydrogen-bond acceptors (Lipinski definition) is 3. The van der Waals surface area contributed by atoms with Crippen molar-refractivity contribution >= 4 is 12.1 Å². The van der Waals surface area contributed by atoms with Crippen molar-refractivity contribution in [2.45, 2.75) is 45.8 Å². The summed E-state index contributed by atoms with van der Waals surface area (Å²) in [7, 11) is 0. The van der Waals surface area contributed by atoms with Crippen molar-refractivity contribution in [3.05, 3.63) is 35.4 Å². The van der Waals surface area contributed by atoms with Gasteiger partial charge in [0.2, 0.25) is 0 Å². The molecule has 5 heteroatoms. The van der Waals surface area contributed by atoms with Crippen molar-refractivity contribution in [3.8, 4) is 0 Å². The lowest BCUT2D eigenvalue weighted by Crippen LogP contribution is -2.36. The third-order valence-corrected chi connectivity index (χ3v) is 2.63. The maximum absolute atomic E-state index is 11.8. The van der Waals surface area contributed by atoms with E-state index in [1.54, 1.807) is 26.8 Å². The zero-order valence-electron chi connectivity index (χ0n) is 12.3. The Hall–Kier alpha value is -2.04. The van der Waals surface area contributed by atoms with Crippen molar-refractivity contribution in [1.82, 2.24) is 5.32 Å². The molecule has 0 aliphatic heterocycles. The lowest BCUT2D eigenvalue weighted by atomic mass is 9.99. The number of benzene rings is 1. The Morgan fingerprint density at radius 2 is 1.90 bits per heavy atom. The molecular formula is C15H21NO4. The van der Waals surface area contributed by atoms with Gasteiger partial charge >= 0.3 is 12.1 Å². The van der Waals surface area contributed by atoms with Crippen LogP contribution in [-0.2, 0) is 9.53 Å². The van der Waals surface area contributed by atoms with E-state index in [4.69, 9.17) is 9.84 Å².